The number of nitrogens with zero attached hydrogens (tertiary/aromatic N) is 1. The van der Waals surface area contributed by atoms with Gasteiger partial charge in [0.25, 0.3) is 5.91 Å². The van der Waals surface area contributed by atoms with Gasteiger partial charge >= 0.3 is 0 Å². The Morgan fingerprint density at radius 1 is 0.963 bits per heavy atom. The average Bonchev–Trinajstić information content (AvgIpc) is 3.24. The Labute approximate surface area is 161 Å². The van der Waals surface area contributed by atoms with Crippen molar-refractivity contribution in [2.45, 2.75) is 31.6 Å². The topological polar surface area (TPSA) is 36.1 Å². The molecule has 1 saturated heterocycles. The van der Waals surface area contributed by atoms with Crippen molar-refractivity contribution in [2.24, 2.45) is 0 Å². The first-order chi connectivity index (χ1) is 13.2. The molecule has 1 amide bonds. The summed E-state index contributed by atoms with van der Waals surface area (Å²) in [6.45, 7) is 3.61. The van der Waals surface area contributed by atoms with Crippen LogP contribution in [0.3, 0.4) is 0 Å². The van der Waals surface area contributed by atoms with Crippen molar-refractivity contribution in [1.29, 1.82) is 0 Å². The lowest BCUT2D eigenvalue weighted by Crippen LogP contribution is -2.49. The van der Waals surface area contributed by atoms with E-state index in [1.807, 2.05) is 17.0 Å². The van der Waals surface area contributed by atoms with E-state index in [9.17, 15) is 4.79 Å². The van der Waals surface area contributed by atoms with Crippen molar-refractivity contribution in [1.82, 2.24) is 9.88 Å². The Hall–Kier alpha value is -2.81. The molecule has 0 unspecified atom stereocenters. The van der Waals surface area contributed by atoms with Crippen molar-refractivity contribution in [2.75, 3.05) is 13.1 Å². The largest absolute Gasteiger partial charge is 0.354 e. The number of carbonyl (C=O) groups excluding carboxylic acids is 1. The van der Waals surface area contributed by atoms with Crippen LogP contribution in [0.15, 0.2) is 72.8 Å². The van der Waals surface area contributed by atoms with Gasteiger partial charge in [0.15, 0.2) is 0 Å². The monoisotopic (exact) mass is 358 g/mol. The van der Waals surface area contributed by atoms with E-state index in [2.05, 4.69) is 72.6 Å². The lowest BCUT2D eigenvalue weighted by atomic mass is 9.69. The van der Waals surface area contributed by atoms with Gasteiger partial charge in [0.05, 0.1) is 0 Å². The fourth-order valence-corrected chi connectivity index (χ4v) is 4.32. The third-order valence-electron chi connectivity index (χ3n) is 5.79. The summed E-state index contributed by atoms with van der Waals surface area (Å²) in [5.74, 6) is 0.102. The standard InChI is InChI=1S/C24H26N2O/c1-2-21-14-15-22(25-21)23(27)26-17-9-16-24(18-26,19-10-5-3-6-11-19)20-12-7-4-8-13-20/h3-8,10-15,25H,2,9,16-18H2,1H3. The SMILES string of the molecule is CCc1ccc(C(=O)N2CCCC(c3ccccc3)(c3ccccc3)C2)[nH]1. The quantitative estimate of drug-likeness (QED) is 0.714. The van der Waals surface area contributed by atoms with Gasteiger partial charge in [-0.05, 0) is 42.5 Å². The molecule has 0 radical (unpaired) electrons. The number of hydrogen-bond acceptors (Lipinski definition) is 1. The highest BCUT2D eigenvalue weighted by Crippen LogP contribution is 2.40. The highest BCUT2D eigenvalue weighted by Gasteiger charge is 2.40. The summed E-state index contributed by atoms with van der Waals surface area (Å²) in [4.78, 5) is 18.5. The molecule has 2 aromatic carbocycles. The summed E-state index contributed by atoms with van der Waals surface area (Å²) in [6.07, 6.45) is 2.96. The maximum atomic E-state index is 13.2. The van der Waals surface area contributed by atoms with Crippen LogP contribution in [-0.2, 0) is 11.8 Å². The number of piperidine rings is 1. The lowest BCUT2D eigenvalue weighted by Gasteiger charge is -2.43. The molecule has 3 aromatic rings. The number of amides is 1. The molecule has 4 rings (SSSR count). The highest BCUT2D eigenvalue weighted by molar-refractivity contribution is 5.92. The first-order valence-corrected chi connectivity index (χ1v) is 9.81. The average molecular weight is 358 g/mol. The van der Waals surface area contributed by atoms with Crippen LogP contribution in [0.2, 0.25) is 0 Å². The zero-order chi connectivity index (χ0) is 18.7. The number of aromatic nitrogens is 1. The molecule has 138 valence electrons. The van der Waals surface area contributed by atoms with Crippen LogP contribution in [0, 0.1) is 0 Å². The first kappa shape index (κ1) is 17.6. The first-order valence-electron chi connectivity index (χ1n) is 9.81. The molecule has 2 heterocycles. The van der Waals surface area contributed by atoms with E-state index in [0.29, 0.717) is 12.2 Å². The van der Waals surface area contributed by atoms with Crippen molar-refractivity contribution in [3.8, 4) is 0 Å². The van der Waals surface area contributed by atoms with E-state index in [0.717, 1.165) is 31.5 Å². The molecule has 0 atom stereocenters. The van der Waals surface area contributed by atoms with Gasteiger partial charge in [-0.15, -0.1) is 0 Å². The number of rotatable bonds is 4. The number of carbonyl (C=O) groups is 1. The van der Waals surface area contributed by atoms with E-state index in [4.69, 9.17) is 0 Å². The number of H-pyrrole nitrogens is 1. The van der Waals surface area contributed by atoms with Gasteiger partial charge in [-0.2, -0.15) is 0 Å². The second kappa shape index (κ2) is 7.43. The second-order valence-electron chi connectivity index (χ2n) is 7.40. The van der Waals surface area contributed by atoms with E-state index in [1.54, 1.807) is 0 Å². The molecule has 1 N–H and O–H groups in total. The van der Waals surface area contributed by atoms with Gasteiger partial charge in [-0.3, -0.25) is 4.79 Å². The molecule has 3 heteroatoms. The van der Waals surface area contributed by atoms with Gasteiger partial charge in [-0.25, -0.2) is 0 Å². The molecule has 27 heavy (non-hydrogen) atoms. The number of hydrogen-bond donors (Lipinski definition) is 1. The van der Waals surface area contributed by atoms with E-state index in [-0.39, 0.29) is 11.3 Å². The Bertz CT molecular complexity index is 859. The molecular formula is C24H26N2O. The fourth-order valence-electron chi connectivity index (χ4n) is 4.32. The fraction of sp³-hybridized carbons (Fsp3) is 0.292. The molecule has 1 aliphatic rings. The molecular weight excluding hydrogens is 332 g/mol. The highest BCUT2D eigenvalue weighted by atomic mass is 16.2. The summed E-state index contributed by atoms with van der Waals surface area (Å²) in [5.41, 5.74) is 4.22. The zero-order valence-electron chi connectivity index (χ0n) is 15.8. The summed E-state index contributed by atoms with van der Waals surface area (Å²) in [5, 5.41) is 0. The summed E-state index contributed by atoms with van der Waals surface area (Å²) in [6, 6.07) is 25.2. The maximum Gasteiger partial charge on any atom is 0.270 e. The molecule has 3 nitrogen and oxygen atoms in total. The van der Waals surface area contributed by atoms with Crippen LogP contribution in [0.5, 0.6) is 0 Å². The second-order valence-corrected chi connectivity index (χ2v) is 7.40. The molecule has 1 aliphatic heterocycles. The Kier molecular flexibility index (Phi) is 4.85. The van der Waals surface area contributed by atoms with Crippen molar-refractivity contribution in [3.63, 3.8) is 0 Å². The van der Waals surface area contributed by atoms with Crippen molar-refractivity contribution in [3.05, 3.63) is 95.3 Å². The zero-order valence-corrected chi connectivity index (χ0v) is 15.8. The van der Waals surface area contributed by atoms with Crippen LogP contribution >= 0.6 is 0 Å². The normalized spacial score (nSPS) is 16.3. The van der Waals surface area contributed by atoms with Gasteiger partial charge in [0, 0.05) is 24.2 Å². The minimum Gasteiger partial charge on any atom is -0.354 e. The summed E-state index contributed by atoms with van der Waals surface area (Å²) >= 11 is 0. The summed E-state index contributed by atoms with van der Waals surface area (Å²) in [7, 11) is 0. The maximum absolute atomic E-state index is 13.2. The summed E-state index contributed by atoms with van der Waals surface area (Å²) < 4.78 is 0. The van der Waals surface area contributed by atoms with E-state index >= 15 is 0 Å². The van der Waals surface area contributed by atoms with Gasteiger partial charge in [0.2, 0.25) is 0 Å². The molecule has 1 aromatic heterocycles. The number of nitrogens with one attached hydrogen (secondary N) is 1. The Morgan fingerprint density at radius 3 is 2.15 bits per heavy atom. The Morgan fingerprint density at radius 2 is 1.59 bits per heavy atom. The van der Waals surface area contributed by atoms with Crippen LogP contribution < -0.4 is 0 Å². The third kappa shape index (κ3) is 3.30. The Balaban J connectivity index is 1.71. The number of likely N-dealkylation sites (tertiary alicyclic amines) is 1. The van der Waals surface area contributed by atoms with Crippen molar-refractivity contribution < 1.29 is 4.79 Å². The molecule has 0 saturated carbocycles. The minimum atomic E-state index is -0.156. The lowest BCUT2D eigenvalue weighted by molar-refractivity contribution is 0.0661. The smallest absolute Gasteiger partial charge is 0.270 e. The van der Waals surface area contributed by atoms with E-state index < -0.39 is 0 Å². The molecule has 0 aliphatic carbocycles. The van der Waals surface area contributed by atoms with Gasteiger partial charge in [-0.1, -0.05) is 67.6 Å². The van der Waals surface area contributed by atoms with Crippen LogP contribution in [0.25, 0.3) is 0 Å². The predicted octanol–water partition coefficient (Wildman–Crippen LogP) is 4.80. The number of aromatic amines is 1. The van der Waals surface area contributed by atoms with Gasteiger partial charge in [0.1, 0.15) is 5.69 Å². The molecule has 1 fully saturated rings. The minimum absolute atomic E-state index is 0.102. The van der Waals surface area contributed by atoms with Crippen LogP contribution in [-0.4, -0.2) is 28.9 Å². The van der Waals surface area contributed by atoms with Crippen molar-refractivity contribution >= 4 is 5.91 Å². The number of benzene rings is 2. The molecule has 0 bridgehead atoms. The predicted molar refractivity (Wildman–Crippen MR) is 109 cm³/mol. The van der Waals surface area contributed by atoms with Gasteiger partial charge < -0.3 is 9.88 Å². The van der Waals surface area contributed by atoms with Crippen LogP contribution in [0.4, 0.5) is 0 Å². The van der Waals surface area contributed by atoms with Crippen LogP contribution in [0.1, 0.15) is 47.1 Å². The third-order valence-corrected chi connectivity index (χ3v) is 5.79. The molecule has 0 spiro atoms. The number of aryl methyl sites for hydroxylation is 1. The van der Waals surface area contributed by atoms with E-state index in [1.165, 1.54) is 11.1 Å².